The monoisotopic (exact) mass is 347 g/mol. The molecule has 1 aliphatic rings. The molecule has 1 N–H and O–H groups in total. The molecule has 7 nitrogen and oxygen atoms in total. The van der Waals surface area contributed by atoms with Gasteiger partial charge in [0.1, 0.15) is 11.5 Å². The van der Waals surface area contributed by atoms with Gasteiger partial charge in [-0.05, 0) is 24.5 Å². The van der Waals surface area contributed by atoms with Crippen molar-refractivity contribution in [1.82, 2.24) is 4.90 Å². The van der Waals surface area contributed by atoms with Crippen molar-refractivity contribution in [2.45, 2.75) is 38.6 Å². The number of nitrogens with zero attached hydrogens (tertiary/aromatic N) is 1. The van der Waals surface area contributed by atoms with E-state index in [1.165, 1.54) is 19.1 Å². The summed E-state index contributed by atoms with van der Waals surface area (Å²) < 4.78 is 16.5. The fourth-order valence-electron chi connectivity index (χ4n) is 3.17. The van der Waals surface area contributed by atoms with E-state index in [0.29, 0.717) is 23.5 Å². The predicted octanol–water partition coefficient (Wildman–Crippen LogP) is 2.19. The third-order valence-electron chi connectivity index (χ3n) is 4.16. The lowest BCUT2D eigenvalue weighted by Crippen LogP contribution is -2.43. The Morgan fingerprint density at radius 2 is 1.84 bits per heavy atom. The van der Waals surface area contributed by atoms with Crippen molar-refractivity contribution in [2.75, 3.05) is 14.2 Å². The zero-order valence-corrected chi connectivity index (χ0v) is 14.8. The second kappa shape index (κ2) is 7.78. The largest absolute Gasteiger partial charge is 0.496 e. The van der Waals surface area contributed by atoms with Crippen LogP contribution in [0.5, 0.6) is 11.5 Å². The second-order valence-corrected chi connectivity index (χ2v) is 6.27. The Hall–Kier alpha value is -2.22. The first-order valence-electron chi connectivity index (χ1n) is 7.98. The molecule has 134 valence electrons. The van der Waals surface area contributed by atoms with Crippen LogP contribution in [0.25, 0.3) is 0 Å². The molecular weight excluding hydrogens is 325 g/mol. The van der Waals surface area contributed by atoms with Gasteiger partial charge in [0.25, 0.3) is 0 Å². The van der Waals surface area contributed by atoms with E-state index in [1.807, 2.05) is 13.8 Å². The maximum absolute atomic E-state index is 12.1. The third-order valence-corrected chi connectivity index (χ3v) is 4.16. The van der Waals surface area contributed by atoms with E-state index in [9.17, 15) is 14.7 Å². The first kappa shape index (κ1) is 19.1. The molecular formula is C17H22BNO6. The summed E-state index contributed by atoms with van der Waals surface area (Å²) in [5, 5.41) is 9.55. The molecule has 25 heavy (non-hydrogen) atoms. The Bertz CT molecular complexity index is 628. The molecule has 1 amide bonds. The molecule has 1 fully saturated rings. The molecule has 0 aliphatic carbocycles. The molecule has 1 heterocycles. The molecule has 2 unspecified atom stereocenters. The van der Waals surface area contributed by atoms with Gasteiger partial charge in [-0.2, -0.15) is 0 Å². The van der Waals surface area contributed by atoms with Gasteiger partial charge < -0.3 is 24.2 Å². The summed E-state index contributed by atoms with van der Waals surface area (Å²) in [4.78, 5) is 25.1. The van der Waals surface area contributed by atoms with Crippen LogP contribution < -0.4 is 9.47 Å². The van der Waals surface area contributed by atoms with Gasteiger partial charge in [0.15, 0.2) is 18.1 Å². The van der Waals surface area contributed by atoms with E-state index >= 15 is 0 Å². The molecule has 0 spiro atoms. The Kier molecular flexibility index (Phi) is 5.95. The van der Waals surface area contributed by atoms with Crippen LogP contribution in [0.3, 0.4) is 0 Å². The van der Waals surface area contributed by atoms with E-state index in [0.717, 1.165) is 0 Å². The summed E-state index contributed by atoms with van der Waals surface area (Å²) in [5.74, 6) is -0.911. The number of aliphatic carboxylic acids is 1. The van der Waals surface area contributed by atoms with Crippen LogP contribution in [-0.4, -0.2) is 56.0 Å². The molecule has 1 saturated heterocycles. The summed E-state index contributed by atoms with van der Waals surface area (Å²) in [6.07, 6.45) is -1.75. The standard InChI is InChI=1S/C17H22BNO6/c1-9(2)8-10-14(16(20)21)25-15(19(10)17(18)22)13-11(23-3)6-5-7-12(13)24-4/h5-7,9-10,14-15H,8H2,1-4H3,(H,20,21)/t10?,14-,15?/m1/s1. The normalized spacial score (nSPS) is 22.9. The quantitative estimate of drug-likeness (QED) is 0.794. The highest BCUT2D eigenvalue weighted by atomic mass is 16.6. The van der Waals surface area contributed by atoms with Gasteiger partial charge in [0.2, 0.25) is 7.85 Å². The summed E-state index contributed by atoms with van der Waals surface area (Å²) in [5.41, 5.74) is 0.434. The van der Waals surface area contributed by atoms with E-state index in [2.05, 4.69) is 0 Å². The summed E-state index contributed by atoms with van der Waals surface area (Å²) >= 11 is 0. The number of amides is 1. The summed E-state index contributed by atoms with van der Waals surface area (Å²) in [7, 11) is 8.52. The summed E-state index contributed by atoms with van der Waals surface area (Å²) in [6.45, 7) is 3.88. The van der Waals surface area contributed by atoms with Crippen LogP contribution in [-0.2, 0) is 9.53 Å². The Labute approximate surface area is 148 Å². The fourth-order valence-corrected chi connectivity index (χ4v) is 3.17. The van der Waals surface area contributed by atoms with Gasteiger partial charge in [-0.25, -0.2) is 4.79 Å². The first-order chi connectivity index (χ1) is 11.8. The number of hydrogen-bond acceptors (Lipinski definition) is 5. The number of carbonyl (C=O) groups is 2. The lowest BCUT2D eigenvalue weighted by Gasteiger charge is -2.30. The van der Waals surface area contributed by atoms with Gasteiger partial charge in [0.05, 0.1) is 25.8 Å². The number of methoxy groups -OCH3 is 2. The predicted molar refractivity (Wildman–Crippen MR) is 91.0 cm³/mol. The second-order valence-electron chi connectivity index (χ2n) is 6.27. The maximum Gasteiger partial charge on any atom is 0.335 e. The van der Waals surface area contributed by atoms with Crippen molar-refractivity contribution >= 4 is 19.6 Å². The van der Waals surface area contributed by atoms with Gasteiger partial charge in [-0.1, -0.05) is 19.9 Å². The molecule has 3 atom stereocenters. The first-order valence-corrected chi connectivity index (χ1v) is 7.98. The zero-order valence-electron chi connectivity index (χ0n) is 14.8. The highest BCUT2D eigenvalue weighted by molar-refractivity contribution is 6.57. The van der Waals surface area contributed by atoms with E-state index in [1.54, 1.807) is 18.2 Å². The van der Waals surface area contributed by atoms with E-state index in [-0.39, 0.29) is 5.92 Å². The average molecular weight is 347 g/mol. The number of ether oxygens (including phenoxy) is 3. The maximum atomic E-state index is 12.1. The van der Waals surface area contributed by atoms with E-state index in [4.69, 9.17) is 22.1 Å². The molecule has 2 rings (SSSR count). The number of rotatable bonds is 6. The molecule has 0 bridgehead atoms. The summed E-state index contributed by atoms with van der Waals surface area (Å²) in [6, 6.07) is 4.41. The topological polar surface area (TPSA) is 85.3 Å². The highest BCUT2D eigenvalue weighted by Gasteiger charge is 2.49. The van der Waals surface area contributed by atoms with Crippen molar-refractivity contribution in [3.05, 3.63) is 23.8 Å². The number of hydrogen-bond donors (Lipinski definition) is 1. The third kappa shape index (κ3) is 3.73. The van der Waals surface area contributed by atoms with Gasteiger partial charge >= 0.3 is 5.97 Å². The van der Waals surface area contributed by atoms with Crippen molar-refractivity contribution < 1.29 is 28.9 Å². The van der Waals surface area contributed by atoms with Gasteiger partial charge in [-0.15, -0.1) is 0 Å². The Balaban J connectivity index is 2.57. The lowest BCUT2D eigenvalue weighted by molar-refractivity contribution is -0.150. The van der Waals surface area contributed by atoms with Gasteiger partial charge in [0, 0.05) is 0 Å². The fraction of sp³-hybridized carbons (Fsp3) is 0.529. The lowest BCUT2D eigenvalue weighted by atomic mass is 9.95. The minimum atomic E-state index is -1.19. The van der Waals surface area contributed by atoms with Crippen LogP contribution >= 0.6 is 0 Å². The van der Waals surface area contributed by atoms with Crippen LogP contribution in [0, 0.1) is 5.92 Å². The molecule has 2 radical (unpaired) electrons. The molecule has 1 aromatic carbocycles. The van der Waals surface area contributed by atoms with Crippen molar-refractivity contribution in [1.29, 1.82) is 0 Å². The number of carbonyl (C=O) groups excluding carboxylic acids is 1. The molecule has 1 aromatic rings. The molecule has 0 saturated carbocycles. The Morgan fingerprint density at radius 3 is 2.24 bits per heavy atom. The van der Waals surface area contributed by atoms with Crippen molar-refractivity contribution in [3.8, 4) is 11.5 Å². The van der Waals surface area contributed by atoms with Crippen LogP contribution in [0.2, 0.25) is 0 Å². The molecule has 8 heteroatoms. The average Bonchev–Trinajstić information content (AvgIpc) is 2.92. The molecule has 1 aliphatic heterocycles. The highest BCUT2D eigenvalue weighted by Crippen LogP contribution is 2.44. The smallest absolute Gasteiger partial charge is 0.335 e. The van der Waals surface area contributed by atoms with E-state index < -0.39 is 30.1 Å². The SMILES string of the molecule is [B]C(=O)N1C(c2c(OC)cccc2OC)O[C@@H](C(=O)O)C1CC(C)C. The minimum Gasteiger partial charge on any atom is -0.496 e. The number of carboxylic acids is 1. The number of carboxylic acid groups (broad SMARTS) is 1. The van der Waals surface area contributed by atoms with Crippen molar-refractivity contribution in [2.24, 2.45) is 5.92 Å². The van der Waals surface area contributed by atoms with Crippen molar-refractivity contribution in [3.63, 3.8) is 0 Å². The van der Waals surface area contributed by atoms with Gasteiger partial charge in [-0.3, -0.25) is 4.79 Å². The Morgan fingerprint density at radius 1 is 1.28 bits per heavy atom. The zero-order chi connectivity index (χ0) is 18.7. The number of benzene rings is 1. The van der Waals surface area contributed by atoms with Crippen LogP contribution in [0.15, 0.2) is 18.2 Å². The molecule has 0 aromatic heterocycles. The van der Waals surface area contributed by atoms with Crippen LogP contribution in [0.1, 0.15) is 32.1 Å². The van der Waals surface area contributed by atoms with Crippen LogP contribution in [0.4, 0.5) is 4.79 Å². The minimum absolute atomic E-state index is 0.149.